The number of halogens is 1. The van der Waals surface area contributed by atoms with Gasteiger partial charge in [-0.1, -0.05) is 64.1 Å². The van der Waals surface area contributed by atoms with Crippen molar-refractivity contribution in [3.05, 3.63) is 70.5 Å². The van der Waals surface area contributed by atoms with Crippen LogP contribution in [-0.4, -0.2) is 38.8 Å². The molecule has 0 spiro atoms. The molecule has 0 radical (unpaired) electrons. The Morgan fingerprint density at radius 3 is 2.63 bits per heavy atom. The molecule has 1 aromatic heterocycles. The number of amides is 1. The molecule has 7 nitrogen and oxygen atoms in total. The second-order valence-electron chi connectivity index (χ2n) is 6.96. The molecule has 4 rings (SSSR count). The fourth-order valence-electron chi connectivity index (χ4n) is 3.29. The summed E-state index contributed by atoms with van der Waals surface area (Å²) in [4.78, 5) is 15.1. The number of nitrogens with two attached hydrogens (primary N) is 1. The normalized spacial score (nSPS) is 14.6. The molecule has 9 heteroatoms. The molecule has 156 valence electrons. The summed E-state index contributed by atoms with van der Waals surface area (Å²) in [5, 5.41) is 8.43. The average Bonchev–Trinajstić information content (AvgIpc) is 3.41. The molecule has 0 saturated carbocycles. The minimum absolute atomic E-state index is 0.0821. The summed E-state index contributed by atoms with van der Waals surface area (Å²) < 4.78 is 8.09. The van der Waals surface area contributed by atoms with Crippen LogP contribution in [0.15, 0.2) is 64.2 Å². The van der Waals surface area contributed by atoms with Crippen molar-refractivity contribution in [2.75, 3.05) is 18.9 Å². The Morgan fingerprint density at radius 1 is 1.13 bits per heavy atom. The molecule has 2 N–H and O–H groups in total. The molecule has 1 unspecified atom stereocenters. The van der Waals surface area contributed by atoms with Crippen molar-refractivity contribution in [2.24, 2.45) is 0 Å². The van der Waals surface area contributed by atoms with Crippen LogP contribution < -0.4 is 10.6 Å². The number of nitrogens with zero attached hydrogens (tertiary/aromatic N) is 4. The zero-order valence-electron chi connectivity index (χ0n) is 16.3. The van der Waals surface area contributed by atoms with E-state index in [1.54, 1.807) is 0 Å². The van der Waals surface area contributed by atoms with Crippen molar-refractivity contribution in [3.63, 3.8) is 0 Å². The van der Waals surface area contributed by atoms with E-state index in [-0.39, 0.29) is 12.5 Å². The van der Waals surface area contributed by atoms with Gasteiger partial charge in [-0.05, 0) is 36.6 Å². The predicted octanol–water partition coefficient (Wildman–Crippen LogP) is 3.79. The maximum Gasteiger partial charge on any atom is 0.240 e. The Balaban J connectivity index is 1.51. The highest BCUT2D eigenvalue weighted by atomic mass is 79.9. The largest absolute Gasteiger partial charge is 0.485 e. The summed E-state index contributed by atoms with van der Waals surface area (Å²) in [6.45, 7) is 1.77. The number of ether oxygens (including phenoxy) is 1. The number of benzene rings is 2. The standard InChI is InChI=1S/C21H22BrN5O2S/c22-16-9-6-10-17(13-16)29-14-18-24-25-21(27(18)23)30-19(15-7-2-1-3-8-15)20(28)26-11-4-5-12-26/h1-3,6-10,13,19H,4-5,11-12,14,23H2. The van der Waals surface area contributed by atoms with E-state index in [9.17, 15) is 4.79 Å². The van der Waals surface area contributed by atoms with Gasteiger partial charge in [0.2, 0.25) is 11.1 Å². The topological polar surface area (TPSA) is 86.3 Å². The molecular weight excluding hydrogens is 466 g/mol. The molecule has 1 amide bonds. The van der Waals surface area contributed by atoms with Gasteiger partial charge in [-0.25, -0.2) is 4.68 Å². The molecule has 30 heavy (non-hydrogen) atoms. The van der Waals surface area contributed by atoms with Crippen LogP contribution >= 0.6 is 27.7 Å². The summed E-state index contributed by atoms with van der Waals surface area (Å²) in [6.07, 6.45) is 2.09. The maximum atomic E-state index is 13.2. The van der Waals surface area contributed by atoms with Gasteiger partial charge in [0.05, 0.1) is 0 Å². The van der Waals surface area contributed by atoms with Gasteiger partial charge < -0.3 is 15.5 Å². The molecule has 2 aromatic carbocycles. The number of aromatic nitrogens is 3. The minimum Gasteiger partial charge on any atom is -0.485 e. The SMILES string of the molecule is Nn1c(COc2cccc(Br)c2)nnc1SC(C(=O)N1CCCC1)c1ccccc1. The lowest BCUT2D eigenvalue weighted by atomic mass is 10.1. The molecule has 0 aliphatic carbocycles. The van der Waals surface area contributed by atoms with Crippen LogP contribution in [-0.2, 0) is 11.4 Å². The van der Waals surface area contributed by atoms with Crippen molar-refractivity contribution in [1.82, 2.24) is 19.8 Å². The number of carbonyl (C=O) groups excluding carboxylic acids is 1. The first-order chi connectivity index (χ1) is 14.6. The predicted molar refractivity (Wildman–Crippen MR) is 120 cm³/mol. The van der Waals surface area contributed by atoms with Crippen molar-refractivity contribution in [2.45, 2.75) is 29.9 Å². The number of rotatable bonds is 7. The van der Waals surface area contributed by atoms with Gasteiger partial charge in [-0.15, -0.1) is 10.2 Å². The first-order valence-corrected chi connectivity index (χ1v) is 11.4. The minimum atomic E-state index is -0.422. The molecule has 1 fully saturated rings. The van der Waals surface area contributed by atoms with Gasteiger partial charge in [0.15, 0.2) is 5.82 Å². The number of carbonyl (C=O) groups is 1. The maximum absolute atomic E-state index is 13.2. The molecule has 0 bridgehead atoms. The molecule has 1 saturated heterocycles. The smallest absolute Gasteiger partial charge is 0.240 e. The van der Waals surface area contributed by atoms with Crippen LogP contribution in [0.1, 0.15) is 29.5 Å². The molecule has 2 heterocycles. The van der Waals surface area contributed by atoms with Crippen LogP contribution in [0.5, 0.6) is 5.75 Å². The van der Waals surface area contributed by atoms with Crippen molar-refractivity contribution < 1.29 is 9.53 Å². The third-order valence-electron chi connectivity index (χ3n) is 4.87. The third-order valence-corrected chi connectivity index (χ3v) is 6.56. The zero-order chi connectivity index (χ0) is 20.9. The Bertz CT molecular complexity index is 1010. The average molecular weight is 488 g/mol. The monoisotopic (exact) mass is 487 g/mol. The highest BCUT2D eigenvalue weighted by molar-refractivity contribution is 9.10. The summed E-state index contributed by atoms with van der Waals surface area (Å²) in [7, 11) is 0. The van der Waals surface area contributed by atoms with Crippen molar-refractivity contribution >= 4 is 33.6 Å². The lowest BCUT2D eigenvalue weighted by molar-refractivity contribution is -0.129. The lowest BCUT2D eigenvalue weighted by Crippen LogP contribution is -2.31. The number of likely N-dealkylation sites (tertiary alicyclic amines) is 1. The summed E-state index contributed by atoms with van der Waals surface area (Å²) >= 11 is 4.74. The van der Waals surface area contributed by atoms with E-state index in [2.05, 4.69) is 26.1 Å². The van der Waals surface area contributed by atoms with Crippen molar-refractivity contribution in [3.8, 4) is 5.75 Å². The molecular formula is C21H22BrN5O2S. The lowest BCUT2D eigenvalue weighted by Gasteiger charge is -2.22. The summed E-state index contributed by atoms with van der Waals surface area (Å²) in [5.41, 5.74) is 0.925. The van der Waals surface area contributed by atoms with Crippen LogP contribution in [0.4, 0.5) is 0 Å². The number of hydrogen-bond donors (Lipinski definition) is 1. The Kier molecular flexibility index (Phi) is 6.59. The summed E-state index contributed by atoms with van der Waals surface area (Å²) in [6, 6.07) is 17.3. The van der Waals surface area contributed by atoms with Gasteiger partial charge >= 0.3 is 0 Å². The van der Waals surface area contributed by atoms with Gasteiger partial charge in [0, 0.05) is 17.6 Å². The van der Waals surface area contributed by atoms with Gasteiger partial charge in [0.25, 0.3) is 0 Å². The molecule has 1 aliphatic rings. The van der Waals surface area contributed by atoms with Gasteiger partial charge in [-0.3, -0.25) is 4.79 Å². The number of nitrogen functional groups attached to an aromatic ring is 1. The zero-order valence-corrected chi connectivity index (χ0v) is 18.7. The quantitative estimate of drug-likeness (QED) is 0.403. The van der Waals surface area contributed by atoms with E-state index >= 15 is 0 Å². The second kappa shape index (κ2) is 9.53. The van der Waals surface area contributed by atoms with Gasteiger partial charge in [-0.2, -0.15) is 0 Å². The summed E-state index contributed by atoms with van der Waals surface area (Å²) in [5.74, 6) is 7.50. The Hall–Kier alpha value is -2.52. The number of thioether (sulfide) groups is 1. The van der Waals surface area contributed by atoms with Crippen LogP contribution in [0.2, 0.25) is 0 Å². The van der Waals surface area contributed by atoms with E-state index in [0.717, 1.165) is 36.0 Å². The van der Waals surface area contributed by atoms with E-state index in [4.69, 9.17) is 10.6 Å². The van der Waals surface area contributed by atoms with E-state index < -0.39 is 5.25 Å². The first-order valence-electron chi connectivity index (χ1n) is 9.70. The Morgan fingerprint density at radius 2 is 1.90 bits per heavy atom. The highest BCUT2D eigenvalue weighted by Gasteiger charge is 2.30. The molecule has 1 aliphatic heterocycles. The highest BCUT2D eigenvalue weighted by Crippen LogP contribution is 2.36. The first kappa shape index (κ1) is 20.7. The van der Waals surface area contributed by atoms with E-state index in [1.807, 2.05) is 59.5 Å². The molecule has 3 aromatic rings. The Labute approximate surface area is 187 Å². The fraction of sp³-hybridized carbons (Fsp3) is 0.286. The van der Waals surface area contributed by atoms with E-state index in [0.29, 0.717) is 16.7 Å². The van der Waals surface area contributed by atoms with Crippen LogP contribution in [0.25, 0.3) is 0 Å². The van der Waals surface area contributed by atoms with Crippen molar-refractivity contribution in [1.29, 1.82) is 0 Å². The van der Waals surface area contributed by atoms with Gasteiger partial charge in [0.1, 0.15) is 17.6 Å². The second-order valence-corrected chi connectivity index (χ2v) is 8.94. The third kappa shape index (κ3) is 4.79. The van der Waals surface area contributed by atoms with E-state index in [1.165, 1.54) is 16.4 Å². The fourth-order valence-corrected chi connectivity index (χ4v) is 4.73. The molecule has 1 atom stereocenters. The van der Waals surface area contributed by atoms with Crippen LogP contribution in [0.3, 0.4) is 0 Å². The van der Waals surface area contributed by atoms with Crippen LogP contribution in [0, 0.1) is 0 Å². The number of hydrogen-bond acceptors (Lipinski definition) is 6.